The molecule has 0 spiro atoms. The van der Waals surface area contributed by atoms with Gasteiger partial charge in [-0.1, -0.05) is 13.8 Å². The van der Waals surface area contributed by atoms with E-state index >= 15 is 0 Å². The number of carbonyl (C=O) groups is 1. The van der Waals surface area contributed by atoms with Gasteiger partial charge in [-0.3, -0.25) is 4.79 Å². The van der Waals surface area contributed by atoms with Crippen LogP contribution in [-0.4, -0.2) is 42.0 Å². The number of nitrogens with zero attached hydrogens (tertiary/aromatic N) is 1. The summed E-state index contributed by atoms with van der Waals surface area (Å²) in [5.41, 5.74) is 1.78. The van der Waals surface area contributed by atoms with E-state index in [4.69, 9.17) is 0 Å². The maximum Gasteiger partial charge on any atom is 0.251 e. The van der Waals surface area contributed by atoms with Crippen LogP contribution >= 0.6 is 22.6 Å². The third-order valence-electron chi connectivity index (χ3n) is 3.50. The fraction of sp³-hybridized carbons (Fsp3) is 0.400. The zero-order valence-electron chi connectivity index (χ0n) is 11.9. The number of aromatic amines is 1. The lowest BCUT2D eigenvalue weighted by atomic mass is 10.1. The third kappa shape index (κ3) is 3.52. The Hall–Kier alpha value is -1.08. The number of hydrogen-bond donors (Lipinski definition) is 2. The summed E-state index contributed by atoms with van der Waals surface area (Å²) in [6, 6.07) is 5.76. The Bertz CT molecular complexity index is 590. The highest BCUT2D eigenvalue weighted by atomic mass is 127. The minimum absolute atomic E-state index is 0.00365. The lowest BCUT2D eigenvalue weighted by Gasteiger charge is -2.17. The van der Waals surface area contributed by atoms with Crippen molar-refractivity contribution in [3.8, 4) is 0 Å². The number of fused-ring (bicyclic) bond motifs is 1. The van der Waals surface area contributed by atoms with Crippen molar-refractivity contribution < 1.29 is 4.79 Å². The molecule has 4 nitrogen and oxygen atoms in total. The molecule has 2 N–H and O–H groups in total. The smallest absolute Gasteiger partial charge is 0.251 e. The fourth-order valence-corrected chi connectivity index (χ4v) is 2.80. The molecule has 1 aromatic heterocycles. The first-order valence-corrected chi connectivity index (χ1v) is 8.00. The summed E-state index contributed by atoms with van der Waals surface area (Å²) < 4.78 is 1.13. The topological polar surface area (TPSA) is 48.1 Å². The molecule has 0 aliphatic carbocycles. The van der Waals surface area contributed by atoms with Crippen LogP contribution in [-0.2, 0) is 0 Å². The zero-order chi connectivity index (χ0) is 14.5. The highest BCUT2D eigenvalue weighted by molar-refractivity contribution is 14.1. The van der Waals surface area contributed by atoms with Crippen molar-refractivity contribution in [2.24, 2.45) is 0 Å². The first kappa shape index (κ1) is 15.3. The number of halogens is 1. The quantitative estimate of drug-likeness (QED) is 0.752. The third-order valence-corrected chi connectivity index (χ3v) is 4.39. The summed E-state index contributed by atoms with van der Waals surface area (Å²) >= 11 is 2.27. The van der Waals surface area contributed by atoms with E-state index in [-0.39, 0.29) is 5.91 Å². The van der Waals surface area contributed by atoms with E-state index < -0.39 is 0 Å². The van der Waals surface area contributed by atoms with E-state index in [0.717, 1.165) is 39.7 Å². The minimum atomic E-state index is -0.00365. The summed E-state index contributed by atoms with van der Waals surface area (Å²) in [6.45, 7) is 7.87. The molecule has 0 atom stereocenters. The van der Waals surface area contributed by atoms with Crippen molar-refractivity contribution in [3.63, 3.8) is 0 Å². The Balaban J connectivity index is 1.98. The number of benzene rings is 1. The van der Waals surface area contributed by atoms with Gasteiger partial charge in [-0.05, 0) is 53.9 Å². The molecule has 1 amide bonds. The highest BCUT2D eigenvalue weighted by Gasteiger charge is 2.08. The van der Waals surface area contributed by atoms with Gasteiger partial charge < -0.3 is 15.2 Å². The van der Waals surface area contributed by atoms with Gasteiger partial charge in [0, 0.05) is 39.3 Å². The molecule has 0 fully saturated rings. The van der Waals surface area contributed by atoms with Gasteiger partial charge in [0.1, 0.15) is 0 Å². The van der Waals surface area contributed by atoms with Gasteiger partial charge in [0.2, 0.25) is 0 Å². The number of likely N-dealkylation sites (N-methyl/N-ethyl adjacent to an activating group) is 1. The average molecular weight is 385 g/mol. The van der Waals surface area contributed by atoms with Crippen molar-refractivity contribution in [2.75, 3.05) is 26.2 Å². The lowest BCUT2D eigenvalue weighted by Crippen LogP contribution is -2.34. The summed E-state index contributed by atoms with van der Waals surface area (Å²) in [5, 5.41) is 4.08. The first-order chi connectivity index (χ1) is 9.65. The normalized spacial score (nSPS) is 11.2. The van der Waals surface area contributed by atoms with Gasteiger partial charge in [-0.25, -0.2) is 0 Å². The lowest BCUT2D eigenvalue weighted by molar-refractivity contribution is 0.0949. The van der Waals surface area contributed by atoms with Crippen molar-refractivity contribution >= 4 is 39.4 Å². The molecule has 0 bridgehead atoms. The van der Waals surface area contributed by atoms with E-state index in [9.17, 15) is 4.79 Å². The summed E-state index contributed by atoms with van der Waals surface area (Å²) in [5.74, 6) is -0.00365. The molecule has 0 unspecified atom stereocenters. The fourth-order valence-electron chi connectivity index (χ4n) is 2.20. The van der Waals surface area contributed by atoms with Crippen LogP contribution < -0.4 is 5.32 Å². The molecule has 0 saturated carbocycles. The number of rotatable bonds is 6. The molecule has 1 aromatic carbocycles. The van der Waals surface area contributed by atoms with E-state index in [0.29, 0.717) is 6.54 Å². The van der Waals surface area contributed by atoms with Crippen LogP contribution in [0.25, 0.3) is 10.9 Å². The summed E-state index contributed by atoms with van der Waals surface area (Å²) in [4.78, 5) is 17.6. The number of amides is 1. The van der Waals surface area contributed by atoms with Crippen molar-refractivity contribution in [2.45, 2.75) is 13.8 Å². The maximum absolute atomic E-state index is 12.1. The number of hydrogen-bond acceptors (Lipinski definition) is 2. The number of aromatic nitrogens is 1. The standard InChI is InChI=1S/C15H20IN3O/c1-3-19(4-2)8-7-17-15(20)11-5-6-14-12(9-11)13(16)10-18-14/h5-6,9-10,18H,3-4,7-8H2,1-2H3,(H,17,20). The Morgan fingerprint density at radius 2 is 2.10 bits per heavy atom. The van der Waals surface area contributed by atoms with Gasteiger partial charge in [-0.2, -0.15) is 0 Å². The van der Waals surface area contributed by atoms with Gasteiger partial charge in [0.25, 0.3) is 5.91 Å². The molecule has 2 rings (SSSR count). The molecule has 0 radical (unpaired) electrons. The Labute approximate surface area is 133 Å². The van der Waals surface area contributed by atoms with E-state index in [1.807, 2.05) is 24.4 Å². The van der Waals surface area contributed by atoms with Crippen molar-refractivity contribution in [3.05, 3.63) is 33.5 Å². The Morgan fingerprint density at radius 1 is 1.35 bits per heavy atom. The largest absolute Gasteiger partial charge is 0.360 e. The molecule has 1 heterocycles. The molecule has 20 heavy (non-hydrogen) atoms. The van der Waals surface area contributed by atoms with Crippen LogP contribution in [0.2, 0.25) is 0 Å². The van der Waals surface area contributed by atoms with Crippen LogP contribution in [0, 0.1) is 3.57 Å². The second-order valence-corrected chi connectivity index (χ2v) is 5.84. The number of carbonyl (C=O) groups excluding carboxylic acids is 1. The van der Waals surface area contributed by atoms with Gasteiger partial charge in [0.05, 0.1) is 0 Å². The van der Waals surface area contributed by atoms with Crippen LogP contribution in [0.15, 0.2) is 24.4 Å². The van der Waals surface area contributed by atoms with Crippen LogP contribution in [0.3, 0.4) is 0 Å². The molecule has 108 valence electrons. The number of nitrogens with one attached hydrogen (secondary N) is 2. The Morgan fingerprint density at radius 3 is 2.80 bits per heavy atom. The predicted octanol–water partition coefficient (Wildman–Crippen LogP) is 2.84. The van der Waals surface area contributed by atoms with E-state index in [1.165, 1.54) is 0 Å². The van der Waals surface area contributed by atoms with Gasteiger partial charge in [0.15, 0.2) is 0 Å². The van der Waals surface area contributed by atoms with Gasteiger partial charge in [-0.15, -0.1) is 0 Å². The van der Waals surface area contributed by atoms with Crippen LogP contribution in [0.1, 0.15) is 24.2 Å². The van der Waals surface area contributed by atoms with Gasteiger partial charge >= 0.3 is 0 Å². The molecular formula is C15H20IN3O. The van der Waals surface area contributed by atoms with Crippen LogP contribution in [0.5, 0.6) is 0 Å². The second-order valence-electron chi connectivity index (χ2n) is 4.68. The SMILES string of the molecule is CCN(CC)CCNC(=O)c1ccc2[nH]cc(I)c2c1. The molecule has 5 heteroatoms. The Kier molecular flexibility index (Phi) is 5.42. The van der Waals surface area contributed by atoms with E-state index in [1.54, 1.807) is 0 Å². The molecular weight excluding hydrogens is 365 g/mol. The van der Waals surface area contributed by atoms with E-state index in [2.05, 4.69) is 51.6 Å². The molecule has 0 aliphatic heterocycles. The maximum atomic E-state index is 12.1. The number of H-pyrrole nitrogens is 1. The first-order valence-electron chi connectivity index (χ1n) is 6.92. The minimum Gasteiger partial charge on any atom is -0.360 e. The molecule has 0 saturated heterocycles. The average Bonchev–Trinajstić information content (AvgIpc) is 2.84. The van der Waals surface area contributed by atoms with Crippen molar-refractivity contribution in [1.29, 1.82) is 0 Å². The predicted molar refractivity (Wildman–Crippen MR) is 91.1 cm³/mol. The molecule has 0 aliphatic rings. The highest BCUT2D eigenvalue weighted by Crippen LogP contribution is 2.21. The zero-order valence-corrected chi connectivity index (χ0v) is 14.0. The van der Waals surface area contributed by atoms with Crippen molar-refractivity contribution in [1.82, 2.24) is 15.2 Å². The molecule has 2 aromatic rings. The second kappa shape index (κ2) is 7.08. The summed E-state index contributed by atoms with van der Waals surface area (Å²) in [7, 11) is 0. The van der Waals surface area contributed by atoms with Crippen LogP contribution in [0.4, 0.5) is 0 Å². The monoisotopic (exact) mass is 385 g/mol. The summed E-state index contributed by atoms with van der Waals surface area (Å²) in [6.07, 6.45) is 1.95.